The molecule has 0 fully saturated rings. The van der Waals surface area contributed by atoms with Gasteiger partial charge in [0.2, 0.25) is 0 Å². The van der Waals surface area contributed by atoms with Gasteiger partial charge in [-0.2, -0.15) is 0 Å². The van der Waals surface area contributed by atoms with Gasteiger partial charge in [-0.05, 0) is 11.6 Å². The number of benzene rings is 1. The molecule has 0 aliphatic heterocycles. The number of carboxylic acids is 1. The molecule has 1 N–H and O–H groups in total. The predicted octanol–water partition coefficient (Wildman–Crippen LogP) is 2.44. The maximum atomic E-state index is 11.6. The lowest BCUT2D eigenvalue weighted by molar-refractivity contribution is 0.0691. The van der Waals surface area contributed by atoms with Crippen LogP contribution in [0.3, 0.4) is 0 Å². The molecule has 0 aliphatic rings. The highest BCUT2D eigenvalue weighted by molar-refractivity contribution is 7.90. The van der Waals surface area contributed by atoms with E-state index in [1.165, 1.54) is 16.7 Å². The Morgan fingerprint density at radius 2 is 2.15 bits per heavy atom. The summed E-state index contributed by atoms with van der Waals surface area (Å²) in [7, 11) is -3.09. The summed E-state index contributed by atoms with van der Waals surface area (Å²) in [6, 6.07) is 7.00. The van der Waals surface area contributed by atoms with Gasteiger partial charge in [0.25, 0.3) is 0 Å². The third kappa shape index (κ3) is 3.43. The fourth-order valence-corrected chi connectivity index (χ4v) is 3.34. The van der Waals surface area contributed by atoms with E-state index in [2.05, 4.69) is 4.98 Å². The zero-order chi connectivity index (χ0) is 14.8. The smallest absolute Gasteiger partial charge is 0.355 e. The summed E-state index contributed by atoms with van der Waals surface area (Å²) in [5.41, 5.74) is 1.40. The molecular formula is C13H13NO4S2. The van der Waals surface area contributed by atoms with Crippen LogP contribution in [-0.2, 0) is 15.6 Å². The topological polar surface area (TPSA) is 84.3 Å². The molecule has 0 unspecified atom stereocenters. The molecule has 2 rings (SSSR count). The first-order chi connectivity index (χ1) is 9.41. The van der Waals surface area contributed by atoms with E-state index in [0.29, 0.717) is 10.6 Å². The second kappa shape index (κ2) is 5.72. The van der Waals surface area contributed by atoms with Gasteiger partial charge >= 0.3 is 5.97 Å². The third-order valence-electron chi connectivity index (χ3n) is 2.72. The predicted molar refractivity (Wildman–Crippen MR) is 77.7 cm³/mol. The lowest BCUT2D eigenvalue weighted by atomic mass is 10.1. The summed E-state index contributed by atoms with van der Waals surface area (Å²) in [6.07, 6.45) is 0. The van der Waals surface area contributed by atoms with Crippen molar-refractivity contribution >= 4 is 27.1 Å². The fourth-order valence-electron chi connectivity index (χ4n) is 1.65. The van der Waals surface area contributed by atoms with Crippen LogP contribution in [0.2, 0.25) is 0 Å². The maximum Gasteiger partial charge on any atom is 0.355 e. The van der Waals surface area contributed by atoms with Gasteiger partial charge in [-0.15, -0.1) is 11.3 Å². The quantitative estimate of drug-likeness (QED) is 0.916. The molecule has 2 aromatic rings. The number of hydrogen-bond donors (Lipinski definition) is 1. The lowest BCUT2D eigenvalue weighted by Crippen LogP contribution is -2.06. The van der Waals surface area contributed by atoms with Crippen molar-refractivity contribution in [3.63, 3.8) is 0 Å². The number of aromatic carboxylic acids is 1. The minimum Gasteiger partial charge on any atom is -0.476 e. The first-order valence-corrected chi connectivity index (χ1v) is 8.60. The van der Waals surface area contributed by atoms with Crippen molar-refractivity contribution in [3.05, 3.63) is 40.9 Å². The maximum absolute atomic E-state index is 11.6. The van der Waals surface area contributed by atoms with Gasteiger partial charge in [-0.1, -0.05) is 25.1 Å². The van der Waals surface area contributed by atoms with E-state index in [4.69, 9.17) is 5.11 Å². The van der Waals surface area contributed by atoms with Crippen LogP contribution in [0.15, 0.2) is 29.6 Å². The molecule has 1 heterocycles. The molecule has 0 saturated heterocycles. The van der Waals surface area contributed by atoms with E-state index in [1.807, 2.05) is 0 Å². The molecule has 7 heteroatoms. The number of sulfone groups is 1. The number of carbonyl (C=O) groups is 1. The average molecular weight is 311 g/mol. The normalized spacial score (nSPS) is 11.4. The number of rotatable bonds is 5. The summed E-state index contributed by atoms with van der Waals surface area (Å²) in [5, 5.41) is 10.9. The second-order valence-corrected chi connectivity index (χ2v) is 7.43. The summed E-state index contributed by atoms with van der Waals surface area (Å²) in [6.45, 7) is 1.61. The Labute approximate surface area is 120 Å². The Morgan fingerprint density at radius 3 is 2.75 bits per heavy atom. The SMILES string of the molecule is CCS(=O)(=O)Cc1cccc(-c2nc(C(=O)O)cs2)c1. The van der Waals surface area contributed by atoms with Crippen LogP contribution < -0.4 is 0 Å². The Kier molecular flexibility index (Phi) is 4.20. The molecule has 1 aromatic heterocycles. The van der Waals surface area contributed by atoms with Crippen molar-refractivity contribution < 1.29 is 18.3 Å². The van der Waals surface area contributed by atoms with E-state index in [9.17, 15) is 13.2 Å². The summed E-state index contributed by atoms with van der Waals surface area (Å²) >= 11 is 1.22. The van der Waals surface area contributed by atoms with Crippen molar-refractivity contribution in [1.82, 2.24) is 4.98 Å². The number of thiazole rings is 1. The molecule has 0 amide bonds. The number of nitrogens with zero attached hydrogens (tertiary/aromatic N) is 1. The fraction of sp³-hybridized carbons (Fsp3) is 0.231. The van der Waals surface area contributed by atoms with Crippen LogP contribution in [-0.4, -0.2) is 30.2 Å². The monoisotopic (exact) mass is 311 g/mol. The largest absolute Gasteiger partial charge is 0.476 e. The van der Waals surface area contributed by atoms with Crippen LogP contribution in [0.1, 0.15) is 23.0 Å². The molecule has 20 heavy (non-hydrogen) atoms. The van der Waals surface area contributed by atoms with Crippen LogP contribution >= 0.6 is 11.3 Å². The molecule has 5 nitrogen and oxygen atoms in total. The summed E-state index contributed by atoms with van der Waals surface area (Å²) < 4.78 is 23.2. The second-order valence-electron chi connectivity index (χ2n) is 4.22. The van der Waals surface area contributed by atoms with E-state index in [0.717, 1.165) is 5.56 Å². The minimum absolute atomic E-state index is 0.00316. The Morgan fingerprint density at radius 1 is 1.40 bits per heavy atom. The van der Waals surface area contributed by atoms with Crippen molar-refractivity contribution in [2.75, 3.05) is 5.75 Å². The minimum atomic E-state index is -3.09. The van der Waals surface area contributed by atoms with Gasteiger partial charge in [0.1, 0.15) is 5.01 Å². The van der Waals surface area contributed by atoms with Gasteiger partial charge in [0.05, 0.1) is 5.75 Å². The number of hydrogen-bond acceptors (Lipinski definition) is 5. The highest BCUT2D eigenvalue weighted by Gasteiger charge is 2.12. The van der Waals surface area contributed by atoms with Gasteiger partial charge in [-0.3, -0.25) is 0 Å². The first-order valence-electron chi connectivity index (χ1n) is 5.90. The Bertz CT molecular complexity index is 734. The van der Waals surface area contributed by atoms with E-state index >= 15 is 0 Å². The Hall–Kier alpha value is -1.73. The summed E-state index contributed by atoms with van der Waals surface area (Å²) in [5.74, 6) is -0.996. The molecule has 0 atom stereocenters. The van der Waals surface area contributed by atoms with Crippen molar-refractivity contribution in [1.29, 1.82) is 0 Å². The van der Waals surface area contributed by atoms with Crippen LogP contribution in [0.4, 0.5) is 0 Å². The van der Waals surface area contributed by atoms with Gasteiger partial charge in [-0.25, -0.2) is 18.2 Å². The molecule has 0 spiro atoms. The zero-order valence-electron chi connectivity index (χ0n) is 10.7. The summed E-state index contributed by atoms with van der Waals surface area (Å²) in [4.78, 5) is 14.8. The van der Waals surface area contributed by atoms with Crippen molar-refractivity contribution in [3.8, 4) is 10.6 Å². The number of carboxylic acid groups (broad SMARTS) is 1. The van der Waals surface area contributed by atoms with Crippen molar-refractivity contribution in [2.45, 2.75) is 12.7 Å². The van der Waals surface area contributed by atoms with Gasteiger partial charge in [0, 0.05) is 16.7 Å². The molecular weight excluding hydrogens is 298 g/mol. The van der Waals surface area contributed by atoms with Crippen LogP contribution in [0.25, 0.3) is 10.6 Å². The third-order valence-corrected chi connectivity index (χ3v) is 5.27. The molecule has 1 aromatic carbocycles. The van der Waals surface area contributed by atoms with Gasteiger partial charge < -0.3 is 5.11 Å². The van der Waals surface area contributed by atoms with E-state index in [1.54, 1.807) is 31.2 Å². The lowest BCUT2D eigenvalue weighted by Gasteiger charge is -2.03. The van der Waals surface area contributed by atoms with Crippen LogP contribution in [0.5, 0.6) is 0 Å². The highest BCUT2D eigenvalue weighted by atomic mass is 32.2. The van der Waals surface area contributed by atoms with Crippen molar-refractivity contribution in [2.24, 2.45) is 0 Å². The molecule has 0 radical (unpaired) electrons. The van der Waals surface area contributed by atoms with E-state index < -0.39 is 15.8 Å². The standard InChI is InChI=1S/C13H13NO4S2/c1-2-20(17,18)8-9-4-3-5-10(6-9)12-14-11(7-19-12)13(15)16/h3-7H,2,8H2,1H3,(H,15,16). The average Bonchev–Trinajstić information content (AvgIpc) is 2.88. The van der Waals surface area contributed by atoms with Gasteiger partial charge in [0.15, 0.2) is 15.5 Å². The number of aromatic nitrogens is 1. The molecule has 0 saturated carbocycles. The first kappa shape index (κ1) is 14.7. The van der Waals surface area contributed by atoms with Crippen LogP contribution in [0, 0.1) is 0 Å². The zero-order valence-corrected chi connectivity index (χ0v) is 12.4. The highest BCUT2D eigenvalue weighted by Crippen LogP contribution is 2.25. The molecule has 0 bridgehead atoms. The van der Waals surface area contributed by atoms with E-state index in [-0.39, 0.29) is 17.2 Å². The Balaban J connectivity index is 2.31. The molecule has 106 valence electrons. The molecule has 0 aliphatic carbocycles.